The van der Waals surface area contributed by atoms with Gasteiger partial charge < -0.3 is 8.98 Å². The molecule has 3 aromatic carbocycles. The van der Waals surface area contributed by atoms with Gasteiger partial charge in [-0.15, -0.1) is 0 Å². The van der Waals surface area contributed by atoms with Gasteiger partial charge in [-0.1, -0.05) is 48.6 Å². The van der Waals surface area contributed by atoms with Crippen LogP contribution in [-0.2, 0) is 0 Å². The molecule has 0 bridgehead atoms. The van der Waals surface area contributed by atoms with E-state index in [1.807, 2.05) is 12.1 Å². The van der Waals surface area contributed by atoms with Crippen LogP contribution in [0.5, 0.6) is 0 Å². The molecule has 1 atom stereocenters. The van der Waals surface area contributed by atoms with Crippen molar-refractivity contribution in [3.8, 4) is 6.07 Å². The molecule has 1 aliphatic carbocycles. The second kappa shape index (κ2) is 7.33. The van der Waals surface area contributed by atoms with E-state index in [-0.39, 0.29) is 5.92 Å². The quantitative estimate of drug-likeness (QED) is 0.282. The van der Waals surface area contributed by atoms with Crippen LogP contribution in [0.25, 0.3) is 49.4 Å². The van der Waals surface area contributed by atoms with Crippen molar-refractivity contribution in [2.75, 3.05) is 0 Å². The normalized spacial score (nSPS) is 18.3. The van der Waals surface area contributed by atoms with Gasteiger partial charge in [-0.05, 0) is 55.2 Å². The summed E-state index contributed by atoms with van der Waals surface area (Å²) in [6.07, 6.45) is 11.0. The lowest BCUT2D eigenvalue weighted by atomic mass is 9.97. The van der Waals surface area contributed by atoms with Gasteiger partial charge in [-0.2, -0.15) is 5.26 Å². The van der Waals surface area contributed by atoms with Crippen LogP contribution >= 0.6 is 0 Å². The second-order valence-corrected chi connectivity index (χ2v) is 8.99. The molecule has 4 nitrogen and oxygen atoms in total. The summed E-state index contributed by atoms with van der Waals surface area (Å²) in [7, 11) is 0. The maximum Gasteiger partial charge on any atom is 0.136 e. The lowest BCUT2D eigenvalue weighted by Crippen LogP contribution is -2.06. The third-order valence-electron chi connectivity index (χ3n) is 6.97. The first-order valence-corrected chi connectivity index (χ1v) is 11.7. The zero-order valence-corrected chi connectivity index (χ0v) is 18.5. The zero-order chi connectivity index (χ0) is 22.6. The van der Waals surface area contributed by atoms with Gasteiger partial charge in [0.1, 0.15) is 11.2 Å². The monoisotopic (exact) mass is 439 g/mol. The fraction of sp³-hybridized carbons (Fsp3) is 0.133. The number of fused-ring (bicyclic) bond motifs is 6. The number of aromatic nitrogens is 1. The average molecular weight is 440 g/mol. The first-order valence-electron chi connectivity index (χ1n) is 11.7. The SMILES string of the molecule is N#CC1C=NC(C2=CCCC(n3c4ccccc4c4cc5oc6ccccc6c5cc43)=C2)=CC1. The highest BCUT2D eigenvalue weighted by Gasteiger charge is 2.20. The molecule has 1 unspecified atom stereocenters. The Balaban J connectivity index is 1.46. The van der Waals surface area contributed by atoms with Gasteiger partial charge in [-0.3, -0.25) is 4.99 Å². The van der Waals surface area contributed by atoms with Crippen molar-refractivity contribution >= 4 is 55.7 Å². The van der Waals surface area contributed by atoms with E-state index in [2.05, 4.69) is 82.4 Å². The van der Waals surface area contributed by atoms with Gasteiger partial charge in [0.25, 0.3) is 0 Å². The fourth-order valence-electron chi connectivity index (χ4n) is 5.34. The standard InChI is InChI=1S/C30H21N3O/c31-17-19-12-13-26(32-18-19)20-6-5-7-21(14-20)33-27-10-3-1-8-22(27)24-16-30-25(15-28(24)33)23-9-2-4-11-29(23)34-30/h1-4,6,8-11,13-16,18-19H,5,7,12H2. The number of rotatable bonds is 2. The lowest BCUT2D eigenvalue weighted by Gasteiger charge is -2.19. The Hall–Kier alpha value is -4.36. The Bertz CT molecular complexity index is 1800. The summed E-state index contributed by atoms with van der Waals surface area (Å²) < 4.78 is 8.61. The number of allylic oxidation sites excluding steroid dienone is 4. The van der Waals surface area contributed by atoms with Gasteiger partial charge in [0.2, 0.25) is 0 Å². The molecule has 5 aromatic rings. The molecule has 0 radical (unpaired) electrons. The minimum Gasteiger partial charge on any atom is -0.456 e. The Morgan fingerprint density at radius 3 is 2.59 bits per heavy atom. The Kier molecular flexibility index (Phi) is 4.13. The average Bonchev–Trinajstić information content (AvgIpc) is 3.42. The molecule has 1 aliphatic heterocycles. The van der Waals surface area contributed by atoms with Crippen molar-refractivity contribution in [3.63, 3.8) is 0 Å². The van der Waals surface area contributed by atoms with Crippen molar-refractivity contribution in [3.05, 3.63) is 90.2 Å². The van der Waals surface area contributed by atoms with E-state index in [1.165, 1.54) is 27.5 Å². The van der Waals surface area contributed by atoms with Gasteiger partial charge in [0, 0.05) is 33.5 Å². The summed E-state index contributed by atoms with van der Waals surface area (Å²) in [4.78, 5) is 4.59. The largest absolute Gasteiger partial charge is 0.456 e. The summed E-state index contributed by atoms with van der Waals surface area (Å²) in [6, 6.07) is 23.6. The fourth-order valence-corrected chi connectivity index (χ4v) is 5.34. The zero-order valence-electron chi connectivity index (χ0n) is 18.5. The number of benzene rings is 3. The number of furan rings is 1. The predicted octanol–water partition coefficient (Wildman–Crippen LogP) is 7.75. The summed E-state index contributed by atoms with van der Waals surface area (Å²) in [5.41, 5.74) is 7.59. The van der Waals surface area contributed by atoms with Crippen molar-refractivity contribution < 1.29 is 4.42 Å². The summed E-state index contributed by atoms with van der Waals surface area (Å²) in [6.45, 7) is 0. The molecular weight excluding hydrogens is 418 g/mol. The van der Waals surface area contributed by atoms with Gasteiger partial charge in [-0.25, -0.2) is 0 Å². The number of nitrogens with zero attached hydrogens (tertiary/aromatic N) is 3. The molecule has 2 aromatic heterocycles. The molecule has 4 heteroatoms. The van der Waals surface area contributed by atoms with E-state index < -0.39 is 0 Å². The Morgan fingerprint density at radius 2 is 1.74 bits per heavy atom. The predicted molar refractivity (Wildman–Crippen MR) is 139 cm³/mol. The van der Waals surface area contributed by atoms with Crippen LogP contribution in [0.4, 0.5) is 0 Å². The smallest absolute Gasteiger partial charge is 0.136 e. The molecule has 0 N–H and O–H groups in total. The number of aliphatic imine (C=N–C) groups is 1. The highest BCUT2D eigenvalue weighted by Crippen LogP contribution is 2.40. The minimum atomic E-state index is -0.124. The molecule has 2 aliphatic rings. The maximum atomic E-state index is 9.17. The molecule has 0 fully saturated rings. The van der Waals surface area contributed by atoms with Crippen LogP contribution in [0.1, 0.15) is 19.3 Å². The van der Waals surface area contributed by atoms with Crippen LogP contribution in [0.15, 0.2) is 99.6 Å². The molecule has 0 spiro atoms. The van der Waals surface area contributed by atoms with Crippen molar-refractivity contribution in [2.24, 2.45) is 10.9 Å². The number of nitriles is 1. The number of hydrogen-bond acceptors (Lipinski definition) is 3. The molecule has 3 heterocycles. The van der Waals surface area contributed by atoms with Crippen molar-refractivity contribution in [1.82, 2.24) is 4.57 Å². The summed E-state index contributed by atoms with van der Waals surface area (Å²) in [5, 5.41) is 13.9. The Labute approximate surface area is 196 Å². The molecular formula is C30H21N3O. The highest BCUT2D eigenvalue weighted by molar-refractivity contribution is 6.17. The molecule has 0 saturated heterocycles. The first kappa shape index (κ1) is 19.1. The van der Waals surface area contributed by atoms with Crippen LogP contribution in [0, 0.1) is 17.2 Å². The Morgan fingerprint density at radius 1 is 0.882 bits per heavy atom. The number of para-hydroxylation sites is 2. The summed E-state index contributed by atoms with van der Waals surface area (Å²) >= 11 is 0. The maximum absolute atomic E-state index is 9.17. The topological polar surface area (TPSA) is 54.2 Å². The molecule has 34 heavy (non-hydrogen) atoms. The van der Waals surface area contributed by atoms with E-state index >= 15 is 0 Å². The van der Waals surface area contributed by atoms with Gasteiger partial charge in [0.05, 0.1) is 28.7 Å². The van der Waals surface area contributed by atoms with Crippen LogP contribution < -0.4 is 0 Å². The van der Waals surface area contributed by atoms with E-state index in [0.717, 1.165) is 52.5 Å². The van der Waals surface area contributed by atoms with Crippen LogP contribution in [-0.4, -0.2) is 10.8 Å². The minimum absolute atomic E-state index is 0.124. The van der Waals surface area contributed by atoms with Gasteiger partial charge >= 0.3 is 0 Å². The molecule has 0 amide bonds. The third-order valence-corrected chi connectivity index (χ3v) is 6.97. The number of hydrogen-bond donors (Lipinski definition) is 0. The van der Waals surface area contributed by atoms with Gasteiger partial charge in [0.15, 0.2) is 0 Å². The molecule has 7 rings (SSSR count). The van der Waals surface area contributed by atoms with E-state index in [0.29, 0.717) is 0 Å². The molecule has 0 saturated carbocycles. The van der Waals surface area contributed by atoms with E-state index in [9.17, 15) is 5.26 Å². The molecule has 162 valence electrons. The summed E-state index contributed by atoms with van der Waals surface area (Å²) in [5.74, 6) is -0.124. The van der Waals surface area contributed by atoms with Crippen LogP contribution in [0.2, 0.25) is 0 Å². The van der Waals surface area contributed by atoms with Crippen LogP contribution in [0.3, 0.4) is 0 Å². The highest BCUT2D eigenvalue weighted by atomic mass is 16.3. The third kappa shape index (κ3) is 2.80. The van der Waals surface area contributed by atoms with E-state index in [4.69, 9.17) is 4.42 Å². The van der Waals surface area contributed by atoms with Crippen molar-refractivity contribution in [1.29, 1.82) is 5.26 Å². The van der Waals surface area contributed by atoms with E-state index in [1.54, 1.807) is 6.21 Å². The second-order valence-electron chi connectivity index (χ2n) is 8.99. The first-order chi connectivity index (χ1) is 16.8. The lowest BCUT2D eigenvalue weighted by molar-refractivity contribution is 0.669. The van der Waals surface area contributed by atoms with Crippen molar-refractivity contribution in [2.45, 2.75) is 19.3 Å².